The van der Waals surface area contributed by atoms with Crippen LogP contribution in [0.5, 0.6) is 5.75 Å². The fourth-order valence-electron chi connectivity index (χ4n) is 2.22. The molecule has 2 aromatic rings. The predicted molar refractivity (Wildman–Crippen MR) is 96.9 cm³/mol. The molecule has 0 aliphatic heterocycles. The van der Waals surface area contributed by atoms with E-state index in [1.807, 2.05) is 0 Å². The van der Waals surface area contributed by atoms with E-state index in [1.54, 1.807) is 31.4 Å². The Bertz CT molecular complexity index is 882. The number of rotatable bonds is 6. The molecule has 0 unspecified atom stereocenters. The van der Waals surface area contributed by atoms with Crippen molar-refractivity contribution in [1.82, 2.24) is 0 Å². The van der Waals surface area contributed by atoms with Crippen LogP contribution < -0.4 is 15.8 Å². The van der Waals surface area contributed by atoms with Crippen LogP contribution in [0.15, 0.2) is 47.5 Å². The predicted octanol–water partition coefficient (Wildman–Crippen LogP) is 2.31. The van der Waals surface area contributed by atoms with Crippen LogP contribution in [0.1, 0.15) is 11.1 Å². The first-order valence-corrected chi connectivity index (χ1v) is 9.49. The van der Waals surface area contributed by atoms with Gasteiger partial charge in [0.1, 0.15) is 11.6 Å². The summed E-state index contributed by atoms with van der Waals surface area (Å²) < 4.78 is 41.6. The van der Waals surface area contributed by atoms with Gasteiger partial charge < -0.3 is 15.8 Å². The highest BCUT2D eigenvalue weighted by Crippen LogP contribution is 2.17. The third kappa shape index (κ3) is 6.07. The fraction of sp³-hybridized carbons (Fsp3) is 0.235. The number of guanidine groups is 1. The summed E-state index contributed by atoms with van der Waals surface area (Å²) >= 11 is 0. The number of sulfone groups is 1. The van der Waals surface area contributed by atoms with Crippen molar-refractivity contribution in [2.24, 2.45) is 10.7 Å². The molecule has 0 radical (unpaired) electrons. The van der Waals surface area contributed by atoms with E-state index in [-0.39, 0.29) is 18.3 Å². The average molecular weight is 365 g/mol. The summed E-state index contributed by atoms with van der Waals surface area (Å²) in [7, 11) is -1.68. The van der Waals surface area contributed by atoms with Crippen molar-refractivity contribution in [2.45, 2.75) is 12.3 Å². The highest BCUT2D eigenvalue weighted by Gasteiger charge is 2.10. The monoisotopic (exact) mass is 365 g/mol. The number of nitrogens with one attached hydrogen (secondary N) is 1. The minimum Gasteiger partial charge on any atom is -0.497 e. The lowest BCUT2D eigenvalue weighted by Gasteiger charge is -2.09. The Morgan fingerprint density at radius 2 is 2.00 bits per heavy atom. The van der Waals surface area contributed by atoms with E-state index < -0.39 is 15.7 Å². The van der Waals surface area contributed by atoms with Crippen molar-refractivity contribution in [3.8, 4) is 5.75 Å². The number of benzene rings is 2. The van der Waals surface area contributed by atoms with Gasteiger partial charge in [0.25, 0.3) is 0 Å². The third-order valence-corrected chi connectivity index (χ3v) is 4.18. The summed E-state index contributed by atoms with van der Waals surface area (Å²) in [5, 5.41) is 2.90. The maximum atomic E-state index is 13.5. The summed E-state index contributed by atoms with van der Waals surface area (Å²) in [4.78, 5) is 4.16. The summed E-state index contributed by atoms with van der Waals surface area (Å²) in [5.74, 6) is 0.157. The van der Waals surface area contributed by atoms with Gasteiger partial charge in [0.05, 0.1) is 19.4 Å². The van der Waals surface area contributed by atoms with Crippen molar-refractivity contribution in [3.63, 3.8) is 0 Å². The number of anilines is 1. The molecule has 0 bridgehead atoms. The Balaban J connectivity index is 2.15. The molecule has 2 aromatic carbocycles. The van der Waals surface area contributed by atoms with Crippen molar-refractivity contribution in [1.29, 1.82) is 0 Å². The normalized spacial score (nSPS) is 12.0. The number of hydrogen-bond donors (Lipinski definition) is 2. The Kier molecular flexibility index (Phi) is 5.97. The molecule has 2 rings (SSSR count). The molecule has 0 atom stereocenters. The molecule has 0 aliphatic rings. The van der Waals surface area contributed by atoms with Crippen molar-refractivity contribution in [2.75, 3.05) is 18.7 Å². The van der Waals surface area contributed by atoms with Crippen molar-refractivity contribution >= 4 is 21.5 Å². The molecule has 0 spiro atoms. The molecular formula is C17H20FN3O3S. The quantitative estimate of drug-likeness (QED) is 0.605. The maximum Gasteiger partial charge on any atom is 0.193 e. The molecular weight excluding hydrogens is 345 g/mol. The van der Waals surface area contributed by atoms with Crippen LogP contribution >= 0.6 is 0 Å². The highest BCUT2D eigenvalue weighted by molar-refractivity contribution is 7.89. The van der Waals surface area contributed by atoms with Gasteiger partial charge >= 0.3 is 0 Å². The van der Waals surface area contributed by atoms with E-state index in [0.717, 1.165) is 6.26 Å². The topological polar surface area (TPSA) is 93.8 Å². The SMILES string of the molecule is COc1cccc(NC(N)=NCc2cc(F)ccc2CS(C)(=O)=O)c1. The first-order valence-electron chi connectivity index (χ1n) is 7.43. The molecule has 0 fully saturated rings. The van der Waals surface area contributed by atoms with Gasteiger partial charge in [-0.25, -0.2) is 17.8 Å². The molecule has 3 N–H and O–H groups in total. The number of nitrogens with zero attached hydrogens (tertiary/aromatic N) is 1. The molecule has 0 aliphatic carbocycles. The number of methoxy groups -OCH3 is 1. The van der Waals surface area contributed by atoms with Crippen molar-refractivity contribution < 1.29 is 17.5 Å². The molecule has 0 aromatic heterocycles. The zero-order valence-electron chi connectivity index (χ0n) is 14.0. The number of aliphatic imine (C=N–C) groups is 1. The Morgan fingerprint density at radius 1 is 1.24 bits per heavy atom. The maximum absolute atomic E-state index is 13.5. The van der Waals surface area contributed by atoms with E-state index in [1.165, 1.54) is 18.2 Å². The van der Waals surface area contributed by atoms with Crippen LogP contribution in [0.3, 0.4) is 0 Å². The molecule has 0 saturated heterocycles. The highest BCUT2D eigenvalue weighted by atomic mass is 32.2. The second kappa shape index (κ2) is 7.98. The molecule has 134 valence electrons. The van der Waals surface area contributed by atoms with Crippen LogP contribution in [0, 0.1) is 5.82 Å². The third-order valence-electron chi connectivity index (χ3n) is 3.35. The molecule has 6 nitrogen and oxygen atoms in total. The Labute approximate surface area is 146 Å². The Hall–Kier alpha value is -2.61. The van der Waals surface area contributed by atoms with E-state index in [9.17, 15) is 12.8 Å². The first kappa shape index (κ1) is 18.7. The van der Waals surface area contributed by atoms with Gasteiger partial charge in [-0.15, -0.1) is 0 Å². The fourth-order valence-corrected chi connectivity index (χ4v) is 3.07. The first-order chi connectivity index (χ1) is 11.8. The average Bonchev–Trinajstić information content (AvgIpc) is 2.54. The van der Waals surface area contributed by atoms with Crippen LogP contribution in [-0.4, -0.2) is 27.7 Å². The second-order valence-electron chi connectivity index (χ2n) is 5.54. The number of ether oxygens (including phenoxy) is 1. The number of hydrogen-bond acceptors (Lipinski definition) is 4. The van der Waals surface area contributed by atoms with Gasteiger partial charge in [-0.1, -0.05) is 12.1 Å². The molecule has 0 heterocycles. The zero-order valence-corrected chi connectivity index (χ0v) is 14.8. The molecule has 25 heavy (non-hydrogen) atoms. The standard InChI is InChI=1S/C17H20FN3O3S/c1-24-16-5-3-4-15(9-16)21-17(19)20-10-13-8-14(18)7-6-12(13)11-25(2,22)23/h3-9H,10-11H2,1-2H3,(H3,19,20,21). The van der Waals surface area contributed by atoms with Crippen molar-refractivity contribution in [3.05, 3.63) is 59.4 Å². The second-order valence-corrected chi connectivity index (χ2v) is 7.68. The van der Waals surface area contributed by atoms with Gasteiger partial charge in [0.15, 0.2) is 15.8 Å². The smallest absolute Gasteiger partial charge is 0.193 e. The van der Waals surface area contributed by atoms with Crippen LogP contribution in [-0.2, 0) is 22.1 Å². The molecule has 0 amide bonds. The minimum absolute atomic E-state index is 0.0609. The van der Waals surface area contributed by atoms with Gasteiger partial charge in [0.2, 0.25) is 0 Å². The lowest BCUT2D eigenvalue weighted by atomic mass is 10.1. The molecule has 0 saturated carbocycles. The summed E-state index contributed by atoms with van der Waals surface area (Å²) in [6.45, 7) is 0.0609. The lowest BCUT2D eigenvalue weighted by molar-refractivity contribution is 0.415. The number of nitrogens with two attached hydrogens (primary N) is 1. The van der Waals surface area contributed by atoms with Crippen LogP contribution in [0.2, 0.25) is 0 Å². The Morgan fingerprint density at radius 3 is 2.68 bits per heavy atom. The van der Waals surface area contributed by atoms with Gasteiger partial charge in [-0.2, -0.15) is 0 Å². The van der Waals surface area contributed by atoms with Gasteiger partial charge in [-0.3, -0.25) is 0 Å². The van der Waals surface area contributed by atoms with Crippen LogP contribution in [0.4, 0.5) is 10.1 Å². The summed E-state index contributed by atoms with van der Waals surface area (Å²) in [6.07, 6.45) is 1.13. The summed E-state index contributed by atoms with van der Waals surface area (Å²) in [6, 6.07) is 11.1. The minimum atomic E-state index is -3.24. The van der Waals surface area contributed by atoms with E-state index in [0.29, 0.717) is 22.6 Å². The van der Waals surface area contributed by atoms with Gasteiger partial charge in [-0.05, 0) is 35.4 Å². The molecule has 8 heteroatoms. The van der Waals surface area contributed by atoms with E-state index >= 15 is 0 Å². The zero-order chi connectivity index (χ0) is 18.4. The lowest BCUT2D eigenvalue weighted by Crippen LogP contribution is -2.22. The summed E-state index contributed by atoms with van der Waals surface area (Å²) in [5.41, 5.74) is 7.51. The van der Waals surface area contributed by atoms with E-state index in [2.05, 4.69) is 10.3 Å². The van der Waals surface area contributed by atoms with Crippen LogP contribution in [0.25, 0.3) is 0 Å². The van der Waals surface area contributed by atoms with E-state index in [4.69, 9.17) is 10.5 Å². The largest absolute Gasteiger partial charge is 0.497 e. The number of halogens is 1. The van der Waals surface area contributed by atoms with Gasteiger partial charge in [0, 0.05) is 18.0 Å².